The first-order chi connectivity index (χ1) is 12.3. The van der Waals surface area contributed by atoms with Gasteiger partial charge >= 0.3 is 0 Å². The number of nitrogens with one attached hydrogen (secondary N) is 2. The monoisotopic (exact) mass is 352 g/mol. The molecule has 5 rings (SSSR count). The van der Waals surface area contributed by atoms with Crippen LogP contribution in [0, 0.1) is 0 Å². The third kappa shape index (κ3) is 2.49. The third-order valence-electron chi connectivity index (χ3n) is 5.04. The molecule has 0 amide bonds. The first-order valence-corrected chi connectivity index (χ1v) is 9.46. The third-order valence-corrected chi connectivity index (χ3v) is 6.03. The van der Waals surface area contributed by atoms with E-state index >= 15 is 0 Å². The second-order valence-corrected chi connectivity index (χ2v) is 7.56. The van der Waals surface area contributed by atoms with Crippen LogP contribution in [-0.4, -0.2) is 16.5 Å². The second-order valence-electron chi connectivity index (χ2n) is 6.58. The topological polar surface area (TPSA) is 63.3 Å². The van der Waals surface area contributed by atoms with Crippen LogP contribution in [0.3, 0.4) is 0 Å². The van der Waals surface area contributed by atoms with Crippen molar-refractivity contribution in [1.29, 1.82) is 0 Å². The van der Waals surface area contributed by atoms with E-state index in [9.17, 15) is 4.79 Å². The zero-order valence-corrected chi connectivity index (χ0v) is 14.4. The maximum absolute atomic E-state index is 12.5. The number of furan rings is 1. The molecule has 2 atom stereocenters. The molecule has 3 aromatic heterocycles. The molecular weight excluding hydrogens is 334 g/mol. The Labute approximate surface area is 147 Å². The highest BCUT2D eigenvalue weighted by molar-refractivity contribution is 7.10. The van der Waals surface area contributed by atoms with Crippen molar-refractivity contribution in [1.82, 2.24) is 9.97 Å². The van der Waals surface area contributed by atoms with Crippen molar-refractivity contribution in [2.45, 2.75) is 25.4 Å². The van der Waals surface area contributed by atoms with Gasteiger partial charge in [-0.2, -0.15) is 0 Å². The van der Waals surface area contributed by atoms with Crippen LogP contribution in [0.25, 0.3) is 22.1 Å². The Balaban J connectivity index is 1.54. The maximum atomic E-state index is 12.5. The van der Waals surface area contributed by atoms with E-state index in [4.69, 9.17) is 9.40 Å². The smallest absolute Gasteiger partial charge is 0.294 e. The summed E-state index contributed by atoms with van der Waals surface area (Å²) in [6.07, 6.45) is 2.40. The van der Waals surface area contributed by atoms with Gasteiger partial charge in [-0.25, -0.2) is 4.98 Å². The van der Waals surface area contributed by atoms with Crippen LogP contribution in [0.1, 0.15) is 29.6 Å². The van der Waals surface area contributed by atoms with Crippen molar-refractivity contribution in [2.24, 2.45) is 0 Å². The number of hydrogen-bond donors (Lipinski definition) is 2. The molecule has 0 aliphatic carbocycles. The minimum absolute atomic E-state index is 0.192. The summed E-state index contributed by atoms with van der Waals surface area (Å²) in [5.74, 6) is 0.738. The van der Waals surface area contributed by atoms with Crippen LogP contribution in [0.2, 0.25) is 0 Å². The van der Waals surface area contributed by atoms with Gasteiger partial charge in [0.2, 0.25) is 5.58 Å². The standard InChI is InChI=1S/C19H17N3O2S/c23-19-18-17(12-5-1-2-7-14(12)24-18)20-16(21-19)11-22-9-3-6-13(22)15-8-4-10-25-15/h1-2,4-5,7-8,10,13H,3,6,9,11H2,(H,20,21,23)/p+1/t13-/m0/s1. The molecule has 0 saturated carbocycles. The molecule has 1 aliphatic heterocycles. The molecule has 25 heavy (non-hydrogen) atoms. The Morgan fingerprint density at radius 1 is 1.28 bits per heavy atom. The fourth-order valence-electron chi connectivity index (χ4n) is 3.90. The second kappa shape index (κ2) is 5.82. The Morgan fingerprint density at radius 2 is 2.20 bits per heavy atom. The van der Waals surface area contributed by atoms with Crippen LogP contribution in [0.4, 0.5) is 0 Å². The van der Waals surface area contributed by atoms with Gasteiger partial charge < -0.3 is 14.3 Å². The molecule has 0 spiro atoms. The fraction of sp³-hybridized carbons (Fsp3) is 0.263. The lowest BCUT2D eigenvalue weighted by Crippen LogP contribution is -3.09. The lowest BCUT2D eigenvalue weighted by Gasteiger charge is -2.19. The number of para-hydroxylation sites is 1. The number of aromatic amines is 1. The van der Waals surface area contributed by atoms with Gasteiger partial charge in [-0.05, 0) is 23.6 Å². The molecule has 6 heteroatoms. The summed E-state index contributed by atoms with van der Waals surface area (Å²) in [6, 6.07) is 12.5. The molecule has 126 valence electrons. The van der Waals surface area contributed by atoms with Crippen LogP contribution in [-0.2, 0) is 6.54 Å². The predicted octanol–water partition coefficient (Wildman–Crippen LogP) is 2.65. The molecule has 1 aromatic carbocycles. The molecule has 0 bridgehead atoms. The largest absolute Gasteiger partial charge is 0.449 e. The fourth-order valence-corrected chi connectivity index (χ4v) is 4.82. The molecule has 0 radical (unpaired) electrons. The van der Waals surface area contributed by atoms with E-state index in [-0.39, 0.29) is 5.56 Å². The highest BCUT2D eigenvalue weighted by atomic mass is 32.1. The van der Waals surface area contributed by atoms with Crippen molar-refractivity contribution >= 4 is 33.4 Å². The summed E-state index contributed by atoms with van der Waals surface area (Å²) < 4.78 is 5.68. The zero-order valence-electron chi connectivity index (χ0n) is 13.6. The minimum atomic E-state index is -0.192. The van der Waals surface area contributed by atoms with Gasteiger partial charge in [0.25, 0.3) is 5.56 Å². The molecule has 4 aromatic rings. The van der Waals surface area contributed by atoms with E-state index in [1.54, 1.807) is 0 Å². The predicted molar refractivity (Wildman–Crippen MR) is 98.0 cm³/mol. The Bertz CT molecular complexity index is 1100. The summed E-state index contributed by atoms with van der Waals surface area (Å²) in [5, 5.41) is 3.03. The Kier molecular flexibility index (Phi) is 3.46. The average Bonchev–Trinajstić information content (AvgIpc) is 3.34. The lowest BCUT2D eigenvalue weighted by atomic mass is 10.2. The van der Waals surface area contributed by atoms with Crippen molar-refractivity contribution in [2.75, 3.05) is 6.54 Å². The number of benzene rings is 1. The Hall–Kier alpha value is -2.44. The van der Waals surface area contributed by atoms with Crippen molar-refractivity contribution in [3.8, 4) is 0 Å². The molecular formula is C19H18N3O2S+. The van der Waals surface area contributed by atoms with E-state index in [2.05, 4.69) is 22.5 Å². The minimum Gasteiger partial charge on any atom is -0.449 e. The van der Waals surface area contributed by atoms with Gasteiger partial charge in [0, 0.05) is 18.2 Å². The zero-order chi connectivity index (χ0) is 16.8. The number of fused-ring (bicyclic) bond motifs is 3. The van der Waals surface area contributed by atoms with Gasteiger partial charge in [-0.15, -0.1) is 11.3 Å². The lowest BCUT2D eigenvalue weighted by molar-refractivity contribution is -0.932. The number of hydrogen-bond acceptors (Lipinski definition) is 4. The van der Waals surface area contributed by atoms with E-state index in [0.717, 1.165) is 24.3 Å². The molecule has 2 N–H and O–H groups in total. The number of quaternary nitrogens is 1. The van der Waals surface area contributed by atoms with E-state index in [1.807, 2.05) is 35.6 Å². The molecule has 1 unspecified atom stereocenters. The maximum Gasteiger partial charge on any atom is 0.294 e. The van der Waals surface area contributed by atoms with Crippen molar-refractivity contribution in [3.05, 3.63) is 62.8 Å². The van der Waals surface area contributed by atoms with Crippen LogP contribution < -0.4 is 10.5 Å². The summed E-state index contributed by atoms with van der Waals surface area (Å²) in [5.41, 5.74) is 1.50. The van der Waals surface area contributed by atoms with Crippen molar-refractivity contribution < 1.29 is 9.32 Å². The SMILES string of the molecule is O=c1[nH]c(C[NH+]2CCC[C@H]2c2cccs2)nc2c1oc1ccccc12. The molecule has 1 aliphatic rings. The van der Waals surface area contributed by atoms with Crippen LogP contribution in [0.5, 0.6) is 0 Å². The van der Waals surface area contributed by atoms with Gasteiger partial charge in [-0.1, -0.05) is 18.2 Å². The molecule has 4 heterocycles. The van der Waals surface area contributed by atoms with Crippen LogP contribution in [0.15, 0.2) is 51.0 Å². The Morgan fingerprint density at radius 3 is 3.08 bits per heavy atom. The van der Waals surface area contributed by atoms with Gasteiger partial charge in [-0.3, -0.25) is 4.79 Å². The number of likely N-dealkylation sites (tertiary alicyclic amines) is 1. The summed E-state index contributed by atoms with van der Waals surface area (Å²) >= 11 is 1.82. The normalized spacial score (nSPS) is 20.6. The number of aromatic nitrogens is 2. The van der Waals surface area contributed by atoms with Crippen LogP contribution >= 0.6 is 11.3 Å². The number of H-pyrrole nitrogens is 1. The van der Waals surface area contributed by atoms with Gasteiger partial charge in [0.1, 0.15) is 23.7 Å². The summed E-state index contributed by atoms with van der Waals surface area (Å²) in [7, 11) is 0. The van der Waals surface area contributed by atoms with Crippen molar-refractivity contribution in [3.63, 3.8) is 0 Å². The summed E-state index contributed by atoms with van der Waals surface area (Å²) in [6.45, 7) is 1.84. The molecule has 1 saturated heterocycles. The molecule has 5 nitrogen and oxygen atoms in total. The average molecular weight is 352 g/mol. The quantitative estimate of drug-likeness (QED) is 0.596. The van der Waals surface area contributed by atoms with Gasteiger partial charge in [0.15, 0.2) is 5.82 Å². The number of thiophene rings is 1. The van der Waals surface area contributed by atoms with E-state index in [1.165, 1.54) is 22.6 Å². The first-order valence-electron chi connectivity index (χ1n) is 8.58. The first kappa shape index (κ1) is 14.9. The van der Waals surface area contributed by atoms with Gasteiger partial charge in [0.05, 0.1) is 11.4 Å². The summed E-state index contributed by atoms with van der Waals surface area (Å²) in [4.78, 5) is 23.0. The van der Waals surface area contributed by atoms with E-state index in [0.29, 0.717) is 22.7 Å². The highest BCUT2D eigenvalue weighted by Gasteiger charge is 2.31. The number of nitrogens with zero attached hydrogens (tertiary/aromatic N) is 1. The number of rotatable bonds is 3. The van der Waals surface area contributed by atoms with E-state index < -0.39 is 0 Å². The highest BCUT2D eigenvalue weighted by Crippen LogP contribution is 2.25. The molecule has 1 fully saturated rings.